The van der Waals surface area contributed by atoms with Gasteiger partial charge >= 0.3 is 11.9 Å². The summed E-state index contributed by atoms with van der Waals surface area (Å²) in [6.07, 6.45) is 5.54. The fourth-order valence-corrected chi connectivity index (χ4v) is 20.0. The van der Waals surface area contributed by atoms with Crippen LogP contribution < -0.4 is 65.5 Å². The molecule has 12 rings (SSSR count). The molecule has 0 saturated heterocycles. The van der Waals surface area contributed by atoms with Crippen LogP contribution in [0.3, 0.4) is 0 Å². The zero-order valence-electron chi connectivity index (χ0n) is 76.2. The third kappa shape index (κ3) is 33.6. The number of sulfone groups is 1. The number of ketones is 2. The summed E-state index contributed by atoms with van der Waals surface area (Å²) in [5, 5.41) is 11.4. The van der Waals surface area contributed by atoms with Gasteiger partial charge in [-0.3, -0.25) is 76.6 Å². The standard InChI is InChI=1S/C21H28ClN6O6P.C21H29N6O8PS.C20H26FN6O5P.C19H24BrN6O5P.CH4/c1-4-33-20(30)14(3)27-35(31,34-10-15-6-5-13(2)16(22)9-15)12-32-8-7-28-11-24-17-18(28)25-21(23)26-19(17)29;1-4-34-20(29)14(2)26-36(30,35-11-15-5-7-16(8-6-15)37(3,31)32)13-33-10-9-27-12-23-17-18(27)24-21(22)25-19(17)28;1-12-4-5-15(8-16(12)21)9-32-33(30,26-13(2)14(3)28)11-31-7-6-27-10-23-17-18(27)24-20(22)25-19(17)29;1-12(13(2)27)25-32(29,31-9-14-4-3-5-15(20)8-14)11-30-7-6-26-10-22-16-17(26)23-19(21)24-18(16)28;/h5-6,9,11,14H,4,7-8,10,12H2,1-3H3,(H,27,31)(H3,23,25,26,29);5-8,12,14H,4,9-11,13H2,1-3H3,(H,26,30)(H3,22,24,25,28);4-5,8,10,13H,6-7,9,11H2,1-3H3,(H,26,30)(H3,22,24,25,29);3-5,8,10,12H,6-7,9,11H2,1-2H3,(H,25,29)(H3,21,23,24,28);1H4/t14-,35?;14-,36?;13-,33?;12-,32?;/m0000./s1. The van der Waals surface area contributed by atoms with Gasteiger partial charge in [-0.25, -0.2) is 53.1 Å². The number of benzene rings is 4. The van der Waals surface area contributed by atoms with Gasteiger partial charge in [0.15, 0.2) is 54.5 Å². The molecule has 8 heterocycles. The first-order valence-electron chi connectivity index (χ1n) is 41.8. The molecule has 8 atom stereocenters. The van der Waals surface area contributed by atoms with Crippen LogP contribution in [0.15, 0.2) is 139 Å². The van der Waals surface area contributed by atoms with Crippen LogP contribution in [0.25, 0.3) is 44.7 Å². The summed E-state index contributed by atoms with van der Waals surface area (Å²) in [5.41, 5.74) is 26.3. The number of esters is 2. The maximum Gasteiger partial charge on any atom is 0.323 e. The van der Waals surface area contributed by atoms with Crippen molar-refractivity contribution in [3.05, 3.63) is 200 Å². The Labute approximate surface area is 802 Å². The molecule has 12 aromatic rings. The van der Waals surface area contributed by atoms with Crippen molar-refractivity contribution >= 4 is 159 Å². The van der Waals surface area contributed by atoms with Gasteiger partial charge in [0.25, 0.3) is 52.3 Å². The lowest BCUT2D eigenvalue weighted by molar-refractivity contribution is -0.145. The molecule has 0 saturated carbocycles. The minimum Gasteiger partial charge on any atom is -0.465 e. The van der Waals surface area contributed by atoms with Gasteiger partial charge in [0.2, 0.25) is 23.8 Å². The number of aromatic amines is 4. The summed E-state index contributed by atoms with van der Waals surface area (Å²) in [6.45, 7) is 17.3. The van der Waals surface area contributed by atoms with Crippen molar-refractivity contribution in [2.45, 2.75) is 158 Å². The number of nitrogen functional groups attached to an aromatic ring is 4. The van der Waals surface area contributed by atoms with E-state index in [0.29, 0.717) is 50.8 Å². The van der Waals surface area contributed by atoms with E-state index in [9.17, 15) is 69.4 Å². The molecule has 750 valence electrons. The number of carbonyl (C=O) groups excluding carboxylic acids is 4. The number of hydrogen-bond acceptors (Lipinski definition) is 36. The van der Waals surface area contributed by atoms with Gasteiger partial charge in [0.1, 0.15) is 54.9 Å². The Hall–Kier alpha value is -11.2. The first-order chi connectivity index (χ1) is 64.8. The van der Waals surface area contributed by atoms with Gasteiger partial charge in [0.05, 0.1) is 108 Å². The number of nitrogens with zero attached hydrogens (tertiary/aromatic N) is 12. The predicted octanol–water partition coefficient (Wildman–Crippen LogP) is 8.77. The molecule has 0 fully saturated rings. The van der Waals surface area contributed by atoms with E-state index in [-0.39, 0.29) is 186 Å². The molecular formula is C82H111BrClFN24O24P4S. The Kier molecular flexibility index (Phi) is 42.0. The van der Waals surface area contributed by atoms with E-state index in [1.807, 2.05) is 43.3 Å². The molecule has 0 aliphatic heterocycles. The quantitative estimate of drug-likeness (QED) is 0.00962. The number of anilines is 4. The van der Waals surface area contributed by atoms with Crippen LogP contribution in [-0.2, 0) is 146 Å². The highest BCUT2D eigenvalue weighted by molar-refractivity contribution is 9.10. The second-order valence-corrected chi connectivity index (χ2v) is 42.3. The van der Waals surface area contributed by atoms with Crippen LogP contribution in [0.5, 0.6) is 0 Å². The number of rotatable bonds is 47. The maximum atomic E-state index is 13.8. The van der Waals surface area contributed by atoms with Crippen molar-refractivity contribution in [2.24, 2.45) is 0 Å². The number of H-pyrrole nitrogens is 4. The van der Waals surface area contributed by atoms with Crippen molar-refractivity contribution in [3.63, 3.8) is 0 Å². The highest BCUT2D eigenvalue weighted by Crippen LogP contribution is 2.48. The molecule has 16 N–H and O–H groups in total. The van der Waals surface area contributed by atoms with Crippen molar-refractivity contribution in [1.29, 1.82) is 0 Å². The molecule has 0 bridgehead atoms. The van der Waals surface area contributed by atoms with Crippen molar-refractivity contribution in [2.75, 3.05) is 94.2 Å². The number of aromatic nitrogens is 16. The number of nitrogens with one attached hydrogen (secondary N) is 8. The molecule has 0 radical (unpaired) electrons. The largest absolute Gasteiger partial charge is 0.465 e. The maximum absolute atomic E-state index is 13.8. The summed E-state index contributed by atoms with van der Waals surface area (Å²) >= 11 is 9.56. The van der Waals surface area contributed by atoms with E-state index in [4.69, 9.17) is 81.1 Å². The average molecular weight is 2110 g/mol. The second-order valence-electron chi connectivity index (χ2n) is 30.5. The van der Waals surface area contributed by atoms with Gasteiger partial charge in [-0.2, -0.15) is 19.9 Å². The van der Waals surface area contributed by atoms with E-state index in [1.54, 1.807) is 83.2 Å². The summed E-state index contributed by atoms with van der Waals surface area (Å²) in [4.78, 5) is 137. The molecule has 0 spiro atoms. The van der Waals surface area contributed by atoms with E-state index in [1.165, 1.54) is 71.2 Å². The smallest absolute Gasteiger partial charge is 0.323 e. The molecule has 8 aromatic heterocycles. The zero-order chi connectivity index (χ0) is 100. The monoisotopic (exact) mass is 2100 g/mol. The van der Waals surface area contributed by atoms with E-state index in [2.05, 4.69) is 96.1 Å². The average Bonchev–Trinajstić information content (AvgIpc) is 1.67. The highest BCUT2D eigenvalue weighted by Gasteiger charge is 2.34. The number of aryl methyl sites for hydroxylation is 2. The van der Waals surface area contributed by atoms with Gasteiger partial charge in [0, 0.05) is 41.9 Å². The van der Waals surface area contributed by atoms with Crippen molar-refractivity contribution < 1.29 is 96.8 Å². The van der Waals surface area contributed by atoms with E-state index in [0.717, 1.165) is 21.9 Å². The SMILES string of the molecule is C.CC(=O)[C@H](C)NP(=O)(COCCn1cnc2c(=O)[nH]c(N)nc21)OCc1ccc(C)c(F)c1.CC(=O)[C@H](C)NP(=O)(COCCn1cnc2c(=O)[nH]c(N)nc21)OCc1cccc(Br)c1.CCOC(=O)[C@H](C)NP(=O)(COCCn1cnc2c(=O)[nH]c(N)nc21)OCc1ccc(C)c(Cl)c1.CCOC(=O)[C@H](C)NP(=O)(COCCn1cnc2c(=O)[nH]c(N)nc21)OCc1ccc(S(C)(=O)=O)cc1. The van der Waals surface area contributed by atoms with E-state index < -0.39 is 104 Å². The lowest BCUT2D eigenvalue weighted by Crippen LogP contribution is -2.35. The molecule has 0 aliphatic rings. The lowest BCUT2D eigenvalue weighted by Gasteiger charge is -2.23. The van der Waals surface area contributed by atoms with E-state index >= 15 is 0 Å². The Morgan fingerprint density at radius 3 is 1.06 bits per heavy atom. The summed E-state index contributed by atoms with van der Waals surface area (Å²) in [6, 6.07) is 20.1. The predicted molar refractivity (Wildman–Crippen MR) is 516 cm³/mol. The molecule has 4 unspecified atom stereocenters. The number of fused-ring (bicyclic) bond motifs is 4. The van der Waals surface area contributed by atoms with Crippen LogP contribution in [0, 0.1) is 19.7 Å². The van der Waals surface area contributed by atoms with Gasteiger partial charge in [-0.05, 0) is 139 Å². The van der Waals surface area contributed by atoms with Gasteiger partial charge < -0.3 is 87.7 Å². The first-order valence-corrected chi connectivity index (χ1v) is 52.1. The topological polar surface area (TPSA) is 669 Å². The Morgan fingerprint density at radius 2 is 0.761 bits per heavy atom. The summed E-state index contributed by atoms with van der Waals surface area (Å²) in [7, 11) is -17.9. The fourth-order valence-electron chi connectivity index (χ4n) is 12.0. The molecule has 0 amide bonds. The Bertz CT molecular complexity index is 6830. The molecule has 4 aromatic carbocycles. The molecule has 56 heteroatoms. The van der Waals surface area contributed by atoms with Gasteiger partial charge in [-0.15, -0.1) is 0 Å². The van der Waals surface area contributed by atoms with Crippen molar-refractivity contribution in [3.8, 4) is 0 Å². The number of ether oxygens (including phenoxy) is 6. The second kappa shape index (κ2) is 51.7. The van der Waals surface area contributed by atoms with Crippen LogP contribution in [0.2, 0.25) is 5.02 Å². The van der Waals surface area contributed by atoms with Gasteiger partial charge in [-0.1, -0.05) is 83.5 Å². The molecular weight excluding hydrogens is 2000 g/mol. The minimum atomic E-state index is -3.74. The molecule has 138 heavy (non-hydrogen) atoms. The number of halogens is 3. The third-order valence-corrected chi connectivity index (χ3v) is 28.9. The lowest BCUT2D eigenvalue weighted by atomic mass is 10.1. The Morgan fingerprint density at radius 1 is 0.464 bits per heavy atom. The number of nitrogens with two attached hydrogens (primary N) is 4. The molecule has 0 aliphatic carbocycles. The number of carbonyl (C=O) groups is 4. The number of Topliss-reactive ketones (excluding diaryl/α,β-unsaturated/α-hetero) is 2. The fraction of sp³-hybridized carbons (Fsp3) is 0.415. The van der Waals surface area contributed by atoms with Crippen molar-refractivity contribution in [1.82, 2.24) is 98.4 Å². The molecule has 48 nitrogen and oxygen atoms in total. The normalized spacial score (nSPS) is 14.2. The first kappa shape index (κ1) is 112. The summed E-state index contributed by atoms with van der Waals surface area (Å²) in [5.74, 6) is -2.10. The van der Waals surface area contributed by atoms with Crippen LogP contribution in [0.1, 0.15) is 96.2 Å². The highest BCUT2D eigenvalue weighted by atomic mass is 79.9. The van der Waals surface area contributed by atoms with Crippen LogP contribution in [0.4, 0.5) is 28.2 Å². The minimum absolute atomic E-state index is 0. The zero-order valence-corrected chi connectivity index (χ0v) is 83.0. The van der Waals surface area contributed by atoms with Crippen LogP contribution in [-0.4, -0.2) is 205 Å². The van der Waals surface area contributed by atoms with Crippen LogP contribution >= 0.6 is 57.6 Å². The Balaban J connectivity index is 0.000000225. The summed E-state index contributed by atoms with van der Waals surface area (Å²) < 4.78 is 153. The third-order valence-electron chi connectivity index (χ3n) is 19.5. The number of imidazole rings is 4. The number of hydrogen-bond donors (Lipinski definition) is 12.